The van der Waals surface area contributed by atoms with Crippen molar-refractivity contribution in [3.63, 3.8) is 0 Å². The predicted molar refractivity (Wildman–Crippen MR) is 77.9 cm³/mol. The van der Waals surface area contributed by atoms with Crippen molar-refractivity contribution in [3.8, 4) is 9.75 Å². The van der Waals surface area contributed by atoms with Gasteiger partial charge in [-0.15, -0.1) is 22.7 Å². The van der Waals surface area contributed by atoms with Gasteiger partial charge in [0, 0.05) is 16.3 Å². The first-order chi connectivity index (χ1) is 8.96. The van der Waals surface area contributed by atoms with Gasteiger partial charge in [0.05, 0.1) is 10.6 Å². The molecule has 0 atom stereocenters. The molecule has 2 aromatic heterocycles. The van der Waals surface area contributed by atoms with Crippen molar-refractivity contribution in [3.05, 3.63) is 34.5 Å². The molecule has 2 aromatic rings. The van der Waals surface area contributed by atoms with Gasteiger partial charge in [0.2, 0.25) is 10.0 Å². The second kappa shape index (κ2) is 5.83. The average Bonchev–Trinajstić information content (AvgIpc) is 2.98. The molecule has 0 radical (unpaired) electrons. The van der Waals surface area contributed by atoms with E-state index < -0.39 is 10.0 Å². The monoisotopic (exact) mass is 316 g/mol. The SMILES string of the molecule is NS(=O)(=O)CCNC(=O)c1ccc(-c2cccs2)s1. The van der Waals surface area contributed by atoms with Gasteiger partial charge in [-0.3, -0.25) is 4.79 Å². The van der Waals surface area contributed by atoms with E-state index in [2.05, 4.69) is 5.32 Å². The Balaban J connectivity index is 1.97. The van der Waals surface area contributed by atoms with Gasteiger partial charge in [-0.25, -0.2) is 13.6 Å². The number of hydrogen-bond donors (Lipinski definition) is 2. The topological polar surface area (TPSA) is 89.3 Å². The minimum Gasteiger partial charge on any atom is -0.350 e. The van der Waals surface area contributed by atoms with Crippen molar-refractivity contribution in [2.24, 2.45) is 5.14 Å². The summed E-state index contributed by atoms with van der Waals surface area (Å²) in [5.74, 6) is -0.543. The molecular formula is C11H12N2O3S3. The van der Waals surface area contributed by atoms with E-state index in [0.717, 1.165) is 9.75 Å². The van der Waals surface area contributed by atoms with Gasteiger partial charge in [-0.2, -0.15) is 0 Å². The van der Waals surface area contributed by atoms with E-state index in [4.69, 9.17) is 5.14 Å². The van der Waals surface area contributed by atoms with Crippen molar-refractivity contribution in [1.29, 1.82) is 0 Å². The van der Waals surface area contributed by atoms with Crippen LogP contribution in [0.15, 0.2) is 29.6 Å². The van der Waals surface area contributed by atoms with E-state index >= 15 is 0 Å². The zero-order valence-corrected chi connectivity index (χ0v) is 12.3. The van der Waals surface area contributed by atoms with Crippen LogP contribution in [0.4, 0.5) is 0 Å². The molecule has 0 saturated carbocycles. The van der Waals surface area contributed by atoms with E-state index in [1.807, 2.05) is 23.6 Å². The highest BCUT2D eigenvalue weighted by Crippen LogP contribution is 2.31. The Bertz CT molecular complexity index is 659. The number of sulfonamides is 1. The Labute approximate surface area is 119 Å². The highest BCUT2D eigenvalue weighted by atomic mass is 32.2. The minimum atomic E-state index is -3.54. The molecule has 0 saturated heterocycles. The van der Waals surface area contributed by atoms with E-state index in [1.165, 1.54) is 11.3 Å². The summed E-state index contributed by atoms with van der Waals surface area (Å²) in [5.41, 5.74) is 0. The first-order valence-electron chi connectivity index (χ1n) is 5.38. The van der Waals surface area contributed by atoms with Gasteiger partial charge in [0.25, 0.3) is 5.91 Å². The molecule has 2 heterocycles. The smallest absolute Gasteiger partial charge is 0.261 e. The molecule has 0 aliphatic heterocycles. The number of carbonyl (C=O) groups is 1. The van der Waals surface area contributed by atoms with Gasteiger partial charge in [-0.1, -0.05) is 6.07 Å². The fraction of sp³-hybridized carbons (Fsp3) is 0.182. The molecule has 19 heavy (non-hydrogen) atoms. The van der Waals surface area contributed by atoms with Gasteiger partial charge >= 0.3 is 0 Å². The molecule has 8 heteroatoms. The van der Waals surface area contributed by atoms with Crippen LogP contribution < -0.4 is 10.5 Å². The number of carbonyl (C=O) groups excluding carboxylic acids is 1. The lowest BCUT2D eigenvalue weighted by Crippen LogP contribution is -2.31. The van der Waals surface area contributed by atoms with Gasteiger partial charge < -0.3 is 5.32 Å². The van der Waals surface area contributed by atoms with Crippen LogP contribution in [-0.4, -0.2) is 26.6 Å². The van der Waals surface area contributed by atoms with Gasteiger partial charge in [-0.05, 0) is 23.6 Å². The highest BCUT2D eigenvalue weighted by Gasteiger charge is 2.11. The van der Waals surface area contributed by atoms with Crippen LogP contribution in [0.5, 0.6) is 0 Å². The Morgan fingerprint density at radius 1 is 1.26 bits per heavy atom. The maximum Gasteiger partial charge on any atom is 0.261 e. The third-order valence-corrected chi connectivity index (χ3v) is 5.19. The summed E-state index contributed by atoms with van der Waals surface area (Å²) >= 11 is 2.98. The van der Waals surface area contributed by atoms with Crippen molar-refractivity contribution >= 4 is 38.6 Å². The average molecular weight is 316 g/mol. The van der Waals surface area contributed by atoms with Crippen LogP contribution in [0.3, 0.4) is 0 Å². The maximum absolute atomic E-state index is 11.8. The molecular weight excluding hydrogens is 304 g/mol. The maximum atomic E-state index is 11.8. The molecule has 0 aliphatic rings. The summed E-state index contributed by atoms with van der Waals surface area (Å²) in [6.45, 7) is 0.0178. The predicted octanol–water partition coefficient (Wildman–Crippen LogP) is 1.49. The summed E-state index contributed by atoms with van der Waals surface area (Å²) in [6.07, 6.45) is 0. The van der Waals surface area contributed by atoms with Gasteiger partial charge in [0.1, 0.15) is 0 Å². The molecule has 3 N–H and O–H groups in total. The van der Waals surface area contributed by atoms with Crippen LogP contribution in [0.1, 0.15) is 9.67 Å². The Morgan fingerprint density at radius 2 is 2.05 bits per heavy atom. The van der Waals surface area contributed by atoms with Crippen LogP contribution in [0.25, 0.3) is 9.75 Å². The minimum absolute atomic E-state index is 0.0178. The summed E-state index contributed by atoms with van der Waals surface area (Å²) in [6, 6.07) is 7.54. The zero-order chi connectivity index (χ0) is 13.9. The quantitative estimate of drug-likeness (QED) is 0.876. The van der Waals surface area contributed by atoms with Crippen molar-refractivity contribution in [1.82, 2.24) is 5.32 Å². The lowest BCUT2D eigenvalue weighted by molar-refractivity contribution is 0.0960. The number of nitrogens with two attached hydrogens (primary N) is 1. The highest BCUT2D eigenvalue weighted by molar-refractivity contribution is 7.89. The number of primary sulfonamides is 1. The summed E-state index contributed by atoms with van der Waals surface area (Å²) in [4.78, 5) is 14.5. The molecule has 0 aromatic carbocycles. The van der Waals surface area contributed by atoms with E-state index in [0.29, 0.717) is 4.88 Å². The van der Waals surface area contributed by atoms with E-state index in [1.54, 1.807) is 17.4 Å². The first-order valence-corrected chi connectivity index (χ1v) is 8.79. The molecule has 2 rings (SSSR count). The molecule has 0 aliphatic carbocycles. The number of amides is 1. The molecule has 5 nitrogen and oxygen atoms in total. The second-order valence-corrected chi connectivity index (χ2v) is 7.53. The number of hydrogen-bond acceptors (Lipinski definition) is 5. The van der Waals surface area contributed by atoms with Crippen molar-refractivity contribution < 1.29 is 13.2 Å². The van der Waals surface area contributed by atoms with E-state index in [9.17, 15) is 13.2 Å². The molecule has 102 valence electrons. The van der Waals surface area contributed by atoms with Crippen LogP contribution in [-0.2, 0) is 10.0 Å². The fourth-order valence-corrected chi connectivity index (χ4v) is 3.55. The number of rotatable bonds is 5. The van der Waals surface area contributed by atoms with Crippen molar-refractivity contribution in [2.45, 2.75) is 0 Å². The van der Waals surface area contributed by atoms with Gasteiger partial charge in [0.15, 0.2) is 0 Å². The largest absolute Gasteiger partial charge is 0.350 e. The Hall–Kier alpha value is -1.22. The van der Waals surface area contributed by atoms with Crippen LogP contribution in [0.2, 0.25) is 0 Å². The van der Waals surface area contributed by atoms with Crippen LogP contribution >= 0.6 is 22.7 Å². The summed E-state index contributed by atoms with van der Waals surface area (Å²) in [7, 11) is -3.54. The normalized spacial score (nSPS) is 11.4. The third-order valence-electron chi connectivity index (χ3n) is 2.27. The lowest BCUT2D eigenvalue weighted by Gasteiger charge is -2.01. The fourth-order valence-electron chi connectivity index (χ4n) is 1.41. The summed E-state index contributed by atoms with van der Waals surface area (Å²) in [5, 5.41) is 9.36. The van der Waals surface area contributed by atoms with E-state index in [-0.39, 0.29) is 18.2 Å². The molecule has 1 amide bonds. The van der Waals surface area contributed by atoms with Crippen LogP contribution in [0, 0.1) is 0 Å². The molecule has 0 fully saturated rings. The number of nitrogens with one attached hydrogen (secondary N) is 1. The number of thiophene rings is 2. The lowest BCUT2D eigenvalue weighted by atomic mass is 10.3. The second-order valence-electron chi connectivity index (χ2n) is 3.76. The zero-order valence-electron chi connectivity index (χ0n) is 9.83. The Kier molecular flexibility index (Phi) is 4.35. The molecule has 0 unspecified atom stereocenters. The van der Waals surface area contributed by atoms with Crippen molar-refractivity contribution in [2.75, 3.05) is 12.3 Å². The molecule has 0 bridgehead atoms. The first kappa shape index (κ1) is 14.2. The molecule has 0 spiro atoms. The standard InChI is InChI=1S/C11H12N2O3S3/c12-19(15,16)7-5-13-11(14)10-4-3-9(18-10)8-2-1-6-17-8/h1-4,6H,5,7H2,(H,13,14)(H2,12,15,16). The Morgan fingerprint density at radius 3 is 2.68 bits per heavy atom. The summed E-state index contributed by atoms with van der Waals surface area (Å²) < 4.78 is 21.5. The third kappa shape index (κ3) is 4.13.